The minimum absolute atomic E-state index is 0.0953. The second-order valence-corrected chi connectivity index (χ2v) is 7.32. The molecule has 5 nitrogen and oxygen atoms in total. The van der Waals surface area contributed by atoms with E-state index in [1.54, 1.807) is 13.0 Å². The van der Waals surface area contributed by atoms with Gasteiger partial charge in [0.2, 0.25) is 0 Å². The summed E-state index contributed by atoms with van der Waals surface area (Å²) in [5.74, 6) is -0.459. The van der Waals surface area contributed by atoms with E-state index in [9.17, 15) is 18.3 Å². The number of benzene rings is 1. The fraction of sp³-hybridized carbons (Fsp3) is 0.500. The van der Waals surface area contributed by atoms with Gasteiger partial charge >= 0.3 is 5.97 Å². The Balaban J connectivity index is 2.76. The largest absolute Gasteiger partial charge is 0.496 e. The fourth-order valence-corrected chi connectivity index (χ4v) is 3.74. The molecular formula is C14H18O5S. The summed E-state index contributed by atoms with van der Waals surface area (Å²) in [6.45, 7) is 1.74. The Hall–Kier alpha value is -1.56. The average molecular weight is 298 g/mol. The SMILES string of the molecule is COc1cc(C2(C(=O)O)CCC2)c(S(C)(=O)=O)cc1C. The summed E-state index contributed by atoms with van der Waals surface area (Å²) in [5.41, 5.74) is -0.0721. The molecule has 0 aliphatic heterocycles. The van der Waals surface area contributed by atoms with E-state index in [1.165, 1.54) is 13.2 Å². The molecule has 0 radical (unpaired) electrons. The lowest BCUT2D eigenvalue weighted by Crippen LogP contribution is -2.43. The van der Waals surface area contributed by atoms with Gasteiger partial charge in [-0.05, 0) is 43.0 Å². The van der Waals surface area contributed by atoms with Gasteiger partial charge in [0.05, 0.1) is 17.4 Å². The molecule has 1 aliphatic carbocycles. The summed E-state index contributed by atoms with van der Waals surface area (Å²) in [5, 5.41) is 9.52. The zero-order chi connectivity index (χ0) is 15.1. The van der Waals surface area contributed by atoms with E-state index in [0.29, 0.717) is 29.7 Å². The van der Waals surface area contributed by atoms with Crippen molar-refractivity contribution >= 4 is 15.8 Å². The summed E-state index contributed by atoms with van der Waals surface area (Å²) in [6, 6.07) is 3.07. The quantitative estimate of drug-likeness (QED) is 0.918. The van der Waals surface area contributed by atoms with E-state index < -0.39 is 21.2 Å². The summed E-state index contributed by atoms with van der Waals surface area (Å²) in [4.78, 5) is 11.7. The van der Waals surface area contributed by atoms with Crippen LogP contribution in [0.4, 0.5) is 0 Å². The molecule has 20 heavy (non-hydrogen) atoms. The van der Waals surface area contributed by atoms with Crippen molar-refractivity contribution in [2.45, 2.75) is 36.5 Å². The van der Waals surface area contributed by atoms with Crippen molar-refractivity contribution in [1.29, 1.82) is 0 Å². The molecule has 0 saturated heterocycles. The Morgan fingerprint density at radius 3 is 2.30 bits per heavy atom. The molecular weight excluding hydrogens is 280 g/mol. The summed E-state index contributed by atoms with van der Waals surface area (Å²) < 4.78 is 29.2. The molecule has 1 aromatic rings. The van der Waals surface area contributed by atoms with Crippen LogP contribution in [0.1, 0.15) is 30.4 Å². The molecule has 1 saturated carbocycles. The second kappa shape index (κ2) is 4.77. The van der Waals surface area contributed by atoms with Crippen LogP contribution in [0.5, 0.6) is 5.75 Å². The van der Waals surface area contributed by atoms with E-state index in [2.05, 4.69) is 0 Å². The Morgan fingerprint density at radius 1 is 1.35 bits per heavy atom. The van der Waals surface area contributed by atoms with Crippen LogP contribution in [-0.2, 0) is 20.0 Å². The van der Waals surface area contributed by atoms with Crippen LogP contribution in [0.25, 0.3) is 0 Å². The number of methoxy groups -OCH3 is 1. The van der Waals surface area contributed by atoms with Crippen LogP contribution < -0.4 is 4.74 Å². The van der Waals surface area contributed by atoms with Crippen molar-refractivity contribution in [2.75, 3.05) is 13.4 Å². The van der Waals surface area contributed by atoms with Crippen molar-refractivity contribution < 1.29 is 23.1 Å². The van der Waals surface area contributed by atoms with Crippen molar-refractivity contribution in [3.05, 3.63) is 23.3 Å². The molecule has 1 aliphatic rings. The first-order valence-electron chi connectivity index (χ1n) is 6.35. The lowest BCUT2D eigenvalue weighted by atomic mass is 9.64. The zero-order valence-corrected chi connectivity index (χ0v) is 12.6. The maximum atomic E-state index is 12.0. The van der Waals surface area contributed by atoms with Gasteiger partial charge in [-0.25, -0.2) is 8.42 Å². The Kier molecular flexibility index (Phi) is 3.54. The van der Waals surface area contributed by atoms with Gasteiger partial charge in [-0.2, -0.15) is 0 Å². The fourth-order valence-electron chi connectivity index (χ4n) is 2.69. The number of aryl methyl sites for hydroxylation is 1. The van der Waals surface area contributed by atoms with Gasteiger partial charge in [0.15, 0.2) is 9.84 Å². The maximum absolute atomic E-state index is 12.0. The molecule has 1 fully saturated rings. The van der Waals surface area contributed by atoms with E-state index in [4.69, 9.17) is 4.74 Å². The lowest BCUT2D eigenvalue weighted by molar-refractivity contribution is -0.147. The number of ether oxygens (including phenoxy) is 1. The van der Waals surface area contributed by atoms with Gasteiger partial charge in [0.25, 0.3) is 0 Å². The smallest absolute Gasteiger partial charge is 0.314 e. The van der Waals surface area contributed by atoms with Crippen molar-refractivity contribution in [3.8, 4) is 5.75 Å². The molecule has 0 amide bonds. The van der Waals surface area contributed by atoms with Gasteiger partial charge in [0, 0.05) is 6.26 Å². The lowest BCUT2D eigenvalue weighted by Gasteiger charge is -2.39. The number of hydrogen-bond acceptors (Lipinski definition) is 4. The minimum Gasteiger partial charge on any atom is -0.496 e. The molecule has 1 aromatic carbocycles. The molecule has 0 aromatic heterocycles. The van der Waals surface area contributed by atoms with Crippen molar-refractivity contribution in [2.24, 2.45) is 0 Å². The third-order valence-corrected chi connectivity index (χ3v) is 5.17. The number of hydrogen-bond donors (Lipinski definition) is 1. The highest BCUT2D eigenvalue weighted by Gasteiger charge is 2.48. The van der Waals surface area contributed by atoms with Crippen LogP contribution in [0, 0.1) is 6.92 Å². The minimum atomic E-state index is -3.49. The molecule has 6 heteroatoms. The third-order valence-electron chi connectivity index (χ3n) is 4.03. The molecule has 0 unspecified atom stereocenters. The average Bonchev–Trinajstić information content (AvgIpc) is 2.27. The maximum Gasteiger partial charge on any atom is 0.314 e. The first-order valence-corrected chi connectivity index (χ1v) is 8.24. The van der Waals surface area contributed by atoms with Crippen LogP contribution in [-0.4, -0.2) is 32.9 Å². The highest BCUT2D eigenvalue weighted by atomic mass is 32.2. The number of carboxylic acids is 1. The number of rotatable bonds is 4. The van der Waals surface area contributed by atoms with Crippen molar-refractivity contribution in [3.63, 3.8) is 0 Å². The highest BCUT2D eigenvalue weighted by molar-refractivity contribution is 7.90. The van der Waals surface area contributed by atoms with Gasteiger partial charge in [-0.1, -0.05) is 6.42 Å². The monoisotopic (exact) mass is 298 g/mol. The van der Waals surface area contributed by atoms with Gasteiger partial charge < -0.3 is 9.84 Å². The molecule has 1 N–H and O–H groups in total. The summed E-state index contributed by atoms with van der Waals surface area (Å²) in [6.07, 6.45) is 2.80. The van der Waals surface area contributed by atoms with Gasteiger partial charge in [-0.15, -0.1) is 0 Å². The van der Waals surface area contributed by atoms with E-state index in [0.717, 1.165) is 12.7 Å². The number of aliphatic carboxylic acids is 1. The molecule has 0 heterocycles. The van der Waals surface area contributed by atoms with E-state index in [1.807, 2.05) is 0 Å². The number of sulfone groups is 1. The molecule has 2 rings (SSSR count). The predicted octanol–water partition coefficient (Wildman–Crippen LogP) is 1.91. The topological polar surface area (TPSA) is 80.7 Å². The van der Waals surface area contributed by atoms with Crippen LogP contribution in [0.15, 0.2) is 17.0 Å². The van der Waals surface area contributed by atoms with Crippen molar-refractivity contribution in [1.82, 2.24) is 0 Å². The Labute approximate surface area is 118 Å². The first kappa shape index (κ1) is 14.8. The first-order chi connectivity index (χ1) is 9.22. The molecule has 0 spiro atoms. The predicted molar refractivity (Wildman–Crippen MR) is 74.0 cm³/mol. The zero-order valence-electron chi connectivity index (χ0n) is 11.8. The van der Waals surface area contributed by atoms with E-state index in [-0.39, 0.29) is 4.90 Å². The van der Waals surface area contributed by atoms with Crippen LogP contribution >= 0.6 is 0 Å². The number of carbonyl (C=O) groups is 1. The van der Waals surface area contributed by atoms with Crippen LogP contribution in [0.3, 0.4) is 0 Å². The second-order valence-electron chi connectivity index (χ2n) is 5.33. The van der Waals surface area contributed by atoms with E-state index >= 15 is 0 Å². The Morgan fingerprint density at radius 2 is 1.95 bits per heavy atom. The number of carboxylic acid groups (broad SMARTS) is 1. The van der Waals surface area contributed by atoms with Crippen LogP contribution in [0.2, 0.25) is 0 Å². The molecule has 110 valence electrons. The standard InChI is InChI=1S/C14H18O5S/c1-9-7-12(20(3,17)18)10(8-11(9)19-2)14(13(15)16)5-4-6-14/h7-8H,4-6H2,1-3H3,(H,15,16). The highest BCUT2D eigenvalue weighted by Crippen LogP contribution is 2.47. The summed E-state index contributed by atoms with van der Waals surface area (Å²) in [7, 11) is -2.01. The van der Waals surface area contributed by atoms with Gasteiger partial charge in [-0.3, -0.25) is 4.79 Å². The Bertz CT molecular complexity index is 656. The molecule has 0 bridgehead atoms. The van der Waals surface area contributed by atoms with Gasteiger partial charge in [0.1, 0.15) is 5.75 Å². The third kappa shape index (κ3) is 2.18. The normalized spacial score (nSPS) is 17.4. The molecule has 0 atom stereocenters. The summed E-state index contributed by atoms with van der Waals surface area (Å²) >= 11 is 0.